The smallest absolute Gasteiger partial charge is 0.187 e. The van der Waals surface area contributed by atoms with Crippen molar-refractivity contribution in [2.45, 2.75) is 223 Å². The van der Waals surface area contributed by atoms with Gasteiger partial charge in [0, 0.05) is 0 Å². The first-order valence-corrected chi connectivity index (χ1v) is 24.5. The molecule has 4 aliphatic carbocycles. The molecule has 7 fully saturated rings. The van der Waals surface area contributed by atoms with Gasteiger partial charge in [0.1, 0.15) is 73.2 Å². The molecule has 26 atom stereocenters. The van der Waals surface area contributed by atoms with Crippen molar-refractivity contribution >= 4 is 0 Å². The molecular formula is C48H82O19. The molecule has 0 amide bonds. The van der Waals surface area contributed by atoms with Gasteiger partial charge in [-0.15, -0.1) is 0 Å². The summed E-state index contributed by atoms with van der Waals surface area (Å²) < 4.78 is 37.0. The van der Waals surface area contributed by atoms with Gasteiger partial charge in [0.05, 0.1) is 43.7 Å². The van der Waals surface area contributed by atoms with Crippen molar-refractivity contribution in [1.29, 1.82) is 0 Å². The lowest BCUT2D eigenvalue weighted by atomic mass is 9.34. The van der Waals surface area contributed by atoms with E-state index in [0.29, 0.717) is 51.4 Å². The van der Waals surface area contributed by atoms with Crippen LogP contribution in [0.4, 0.5) is 0 Å². The van der Waals surface area contributed by atoms with Gasteiger partial charge in [-0.2, -0.15) is 0 Å². The molecule has 19 nitrogen and oxygen atoms in total. The zero-order chi connectivity index (χ0) is 49.5. The second-order valence-corrected chi connectivity index (χ2v) is 23.1. The molecule has 0 spiro atoms. The van der Waals surface area contributed by atoms with Crippen molar-refractivity contribution in [3.63, 3.8) is 0 Å². The molecule has 3 saturated heterocycles. The molecule has 0 unspecified atom stereocenters. The van der Waals surface area contributed by atoms with Crippen molar-refractivity contribution in [2.75, 3.05) is 19.8 Å². The Morgan fingerprint density at radius 3 is 1.73 bits per heavy atom. The second-order valence-electron chi connectivity index (χ2n) is 23.1. The maximum atomic E-state index is 12.7. The molecule has 0 bridgehead atoms. The van der Waals surface area contributed by atoms with E-state index in [0.717, 1.165) is 5.57 Å². The lowest BCUT2D eigenvalue weighted by Gasteiger charge is -2.71. The maximum Gasteiger partial charge on any atom is 0.187 e. The minimum atomic E-state index is -1.83. The van der Waals surface area contributed by atoms with E-state index in [1.165, 1.54) is 0 Å². The Bertz CT molecular complexity index is 1710. The van der Waals surface area contributed by atoms with Crippen LogP contribution in [0.5, 0.6) is 0 Å². The summed E-state index contributed by atoms with van der Waals surface area (Å²) >= 11 is 0. The summed E-state index contributed by atoms with van der Waals surface area (Å²) in [6.45, 7) is 14.6. The van der Waals surface area contributed by atoms with Crippen LogP contribution in [-0.2, 0) is 28.4 Å². The monoisotopic (exact) mass is 963 g/mol. The van der Waals surface area contributed by atoms with E-state index >= 15 is 0 Å². The highest BCUT2D eigenvalue weighted by atomic mass is 16.8. The summed E-state index contributed by atoms with van der Waals surface area (Å²) in [6.07, 6.45) is -19.2. The van der Waals surface area contributed by atoms with Crippen molar-refractivity contribution < 1.29 is 94.8 Å². The van der Waals surface area contributed by atoms with Gasteiger partial charge in [0.2, 0.25) is 0 Å². The van der Waals surface area contributed by atoms with E-state index in [1.54, 1.807) is 0 Å². The van der Waals surface area contributed by atoms with Crippen LogP contribution in [-0.4, -0.2) is 202 Å². The Morgan fingerprint density at radius 2 is 1.16 bits per heavy atom. The van der Waals surface area contributed by atoms with E-state index in [1.807, 2.05) is 34.6 Å². The predicted molar refractivity (Wildman–Crippen MR) is 235 cm³/mol. The van der Waals surface area contributed by atoms with E-state index in [4.69, 9.17) is 28.4 Å². The fourth-order valence-electron chi connectivity index (χ4n) is 15.1. The van der Waals surface area contributed by atoms with Crippen molar-refractivity contribution in [1.82, 2.24) is 0 Å². The number of allylic oxidation sites excluding steroid dienone is 2. The molecule has 4 saturated carbocycles. The summed E-state index contributed by atoms with van der Waals surface area (Å²) in [7, 11) is 0. The third-order valence-corrected chi connectivity index (χ3v) is 18.7. The minimum Gasteiger partial charge on any atom is -0.394 e. The topological polar surface area (TPSA) is 318 Å². The Balaban J connectivity index is 1.15. The molecular weight excluding hydrogens is 881 g/mol. The van der Waals surface area contributed by atoms with Gasteiger partial charge in [-0.05, 0) is 117 Å². The van der Waals surface area contributed by atoms with Gasteiger partial charge in [-0.3, -0.25) is 0 Å². The lowest BCUT2D eigenvalue weighted by molar-refractivity contribution is -0.380. The van der Waals surface area contributed by atoms with E-state index in [2.05, 4.69) is 26.8 Å². The largest absolute Gasteiger partial charge is 0.394 e. The summed E-state index contributed by atoms with van der Waals surface area (Å²) in [4.78, 5) is 0. The normalized spacial score (nSPS) is 52.9. The van der Waals surface area contributed by atoms with Gasteiger partial charge in [0.25, 0.3) is 0 Å². The van der Waals surface area contributed by atoms with Crippen LogP contribution in [0.3, 0.4) is 0 Å². The second kappa shape index (κ2) is 19.8. The van der Waals surface area contributed by atoms with Gasteiger partial charge in [0.15, 0.2) is 18.9 Å². The molecule has 388 valence electrons. The van der Waals surface area contributed by atoms with Gasteiger partial charge >= 0.3 is 0 Å². The average molecular weight is 963 g/mol. The molecule has 3 heterocycles. The van der Waals surface area contributed by atoms with Crippen molar-refractivity contribution in [3.05, 3.63) is 11.6 Å². The van der Waals surface area contributed by atoms with E-state index in [-0.39, 0.29) is 23.7 Å². The van der Waals surface area contributed by atoms with Crippen LogP contribution in [0.15, 0.2) is 11.6 Å². The number of hydrogen-bond acceptors (Lipinski definition) is 19. The SMILES string of the molecule is CC(C)=CCC[C@@](C)(O[C@H]1O[C@@H](CO)[C@H](O)[C@@H](O)[C@@H]1O)[C@@H]1CC[C@@]2(C)[C@H]1[C@@H](O)C[C@H]1[C@]3(C)CC[C@@H](O[C@H]4O[C@@H](CO)[C@H](O)[C@@H](O)[C@@H]4O[C@H]4O[C@@H](CO)[C@H](O)[C@@H](O)[C@@H]4O)C(C)(C)[C@H]3[C@H](O)C[C@@]12C. The van der Waals surface area contributed by atoms with Gasteiger partial charge in [-0.25, -0.2) is 0 Å². The van der Waals surface area contributed by atoms with E-state index < -0.39 is 158 Å². The number of rotatable bonds is 13. The predicted octanol–water partition coefficient (Wildman–Crippen LogP) is -1.06. The standard InChI is InChI=1S/C48H82O19/c1-21(2)10-9-13-48(8,67-42-38(61)35(58)32(55)26(19-50)63-42)22-11-15-46(6)30(22)23(52)16-28-45(5)14-12-29(44(3,4)40(45)24(53)17-47(28,46)7)65-43-39(36(59)33(56)27(20-51)64-43)66-41-37(60)34(57)31(54)25(18-49)62-41/h10,22-43,49-61H,9,11-20H2,1-8H3/t22-,23+,24-,25+,26+,27+,28+,29-,30-,31+,32+,33+,34-,35-,36-,37+,38+,39+,40-,41-,42-,43-,45+,46+,47+,48-/m1/s1. The van der Waals surface area contributed by atoms with Gasteiger partial charge < -0.3 is 94.8 Å². The molecule has 7 aliphatic rings. The molecule has 3 aliphatic heterocycles. The van der Waals surface area contributed by atoms with Crippen LogP contribution in [0.1, 0.15) is 107 Å². The first kappa shape index (κ1) is 53.8. The summed E-state index contributed by atoms with van der Waals surface area (Å²) in [5.74, 6) is -1.02. The van der Waals surface area contributed by atoms with E-state index in [9.17, 15) is 66.4 Å². The molecule has 67 heavy (non-hydrogen) atoms. The fraction of sp³-hybridized carbons (Fsp3) is 0.958. The highest BCUT2D eigenvalue weighted by Crippen LogP contribution is 2.76. The van der Waals surface area contributed by atoms with Crippen LogP contribution in [0, 0.1) is 45.3 Å². The number of hydrogen-bond donors (Lipinski definition) is 13. The molecule has 7 rings (SSSR count). The molecule has 0 aromatic rings. The lowest BCUT2D eigenvalue weighted by Crippen LogP contribution is -2.70. The first-order chi connectivity index (χ1) is 31.3. The fourth-order valence-corrected chi connectivity index (χ4v) is 15.1. The molecule has 13 N–H and O–H groups in total. The number of aliphatic hydroxyl groups is 13. The number of fused-ring (bicyclic) bond motifs is 5. The van der Waals surface area contributed by atoms with Crippen LogP contribution >= 0.6 is 0 Å². The molecule has 0 aromatic carbocycles. The molecule has 0 radical (unpaired) electrons. The quantitative estimate of drug-likeness (QED) is 0.0773. The van der Waals surface area contributed by atoms with Crippen LogP contribution in [0.25, 0.3) is 0 Å². The summed E-state index contributed by atoms with van der Waals surface area (Å²) in [5.41, 5.74) is -2.23. The Morgan fingerprint density at radius 1 is 0.627 bits per heavy atom. The third kappa shape index (κ3) is 9.03. The summed E-state index contributed by atoms with van der Waals surface area (Å²) in [6, 6.07) is 0. The first-order valence-electron chi connectivity index (χ1n) is 24.5. The minimum absolute atomic E-state index is 0.0733. The van der Waals surface area contributed by atoms with Gasteiger partial charge in [-0.1, -0.05) is 46.3 Å². The van der Waals surface area contributed by atoms with Crippen LogP contribution in [0.2, 0.25) is 0 Å². The Kier molecular flexibility index (Phi) is 15.9. The highest BCUT2D eigenvalue weighted by molar-refractivity contribution is 5.22. The zero-order valence-electron chi connectivity index (χ0n) is 40.3. The van der Waals surface area contributed by atoms with Crippen molar-refractivity contribution in [3.8, 4) is 0 Å². The number of aliphatic hydroxyl groups excluding tert-OH is 13. The average Bonchev–Trinajstić information content (AvgIpc) is 3.65. The van der Waals surface area contributed by atoms with Crippen molar-refractivity contribution in [2.24, 2.45) is 45.3 Å². The maximum absolute atomic E-state index is 12.7. The van der Waals surface area contributed by atoms with Crippen LogP contribution < -0.4 is 0 Å². The molecule has 19 heteroatoms. The zero-order valence-corrected chi connectivity index (χ0v) is 40.3. The molecule has 0 aromatic heterocycles. The number of ether oxygens (including phenoxy) is 6. The third-order valence-electron chi connectivity index (χ3n) is 18.7. The summed E-state index contributed by atoms with van der Waals surface area (Å²) in [5, 5.41) is 142. The Hall–Kier alpha value is -1.02. The Labute approximate surface area is 393 Å². The highest BCUT2D eigenvalue weighted by Gasteiger charge is 2.74.